The number of allylic oxidation sites excluding steroid dienone is 1. The topological polar surface area (TPSA) is 61.9 Å². The zero-order valence-electron chi connectivity index (χ0n) is 21.0. The Morgan fingerprint density at radius 2 is 1.97 bits per heavy atom. The molecule has 5 nitrogen and oxygen atoms in total. The average molecular weight is 529 g/mol. The molecule has 3 aromatic rings. The van der Waals surface area contributed by atoms with E-state index in [4.69, 9.17) is 11.6 Å². The van der Waals surface area contributed by atoms with Gasteiger partial charge in [0.05, 0.1) is 16.1 Å². The monoisotopic (exact) mass is 528 g/mol. The molecule has 0 amide bonds. The average Bonchev–Trinajstić information content (AvgIpc) is 3.19. The van der Waals surface area contributed by atoms with E-state index < -0.39 is 23.9 Å². The minimum atomic E-state index is -4.68. The van der Waals surface area contributed by atoms with Crippen LogP contribution in [-0.4, -0.2) is 33.3 Å². The van der Waals surface area contributed by atoms with Gasteiger partial charge in [-0.2, -0.15) is 18.4 Å². The van der Waals surface area contributed by atoms with E-state index in [1.165, 1.54) is 18.2 Å². The van der Waals surface area contributed by atoms with Crippen LogP contribution in [0.4, 0.5) is 13.2 Å². The third kappa shape index (κ3) is 5.24. The van der Waals surface area contributed by atoms with Gasteiger partial charge in [-0.3, -0.25) is 4.79 Å². The van der Waals surface area contributed by atoms with Crippen molar-refractivity contribution in [1.29, 1.82) is 5.26 Å². The number of pyridine rings is 1. The molecule has 1 saturated heterocycles. The smallest absolute Gasteiger partial charge is 0.375 e. The van der Waals surface area contributed by atoms with E-state index in [-0.39, 0.29) is 38.7 Å². The molecule has 0 saturated carbocycles. The summed E-state index contributed by atoms with van der Waals surface area (Å²) in [6.07, 6.45) is -0.889. The number of aromatic nitrogens is 2. The van der Waals surface area contributed by atoms with Gasteiger partial charge in [0.25, 0.3) is 0 Å². The number of ketones is 1. The number of nitrogens with zero attached hydrogens (tertiary/aromatic N) is 4. The van der Waals surface area contributed by atoms with Gasteiger partial charge in [0, 0.05) is 55.6 Å². The van der Waals surface area contributed by atoms with Crippen molar-refractivity contribution < 1.29 is 18.0 Å². The molecule has 0 aliphatic carbocycles. The van der Waals surface area contributed by atoms with Crippen LogP contribution in [0.25, 0.3) is 11.0 Å². The Balaban J connectivity index is 1.74. The quantitative estimate of drug-likeness (QED) is 0.327. The number of benzene rings is 1. The number of carbonyl (C=O) groups excluding carboxylic acids is 1. The first-order valence-electron chi connectivity index (χ1n) is 12.1. The van der Waals surface area contributed by atoms with E-state index in [1.807, 2.05) is 6.07 Å². The first-order chi connectivity index (χ1) is 17.4. The molecule has 1 aliphatic heterocycles. The molecule has 0 N–H and O–H groups in total. The van der Waals surface area contributed by atoms with Gasteiger partial charge >= 0.3 is 6.18 Å². The van der Waals surface area contributed by atoms with E-state index in [9.17, 15) is 23.2 Å². The molecule has 1 aromatic carbocycles. The lowest BCUT2D eigenvalue weighted by Crippen LogP contribution is -2.33. The standard InChI is InChI=1S/C28H28ClF3N4O/c1-16(2)17(3)36-9-7-18(8-10-36)22-15-35(4)27-25(22)26(28(30,31)32)21(14-34-27)12-24(37)19-5-6-23(29)20(11-19)13-33/h5-6,11,14-16,18H,3,7-10,12H2,1-2,4H3. The third-order valence-corrected chi connectivity index (χ3v) is 7.47. The van der Waals surface area contributed by atoms with Gasteiger partial charge in [0.2, 0.25) is 0 Å². The van der Waals surface area contributed by atoms with Gasteiger partial charge in [-0.1, -0.05) is 32.0 Å². The molecule has 0 bridgehead atoms. The summed E-state index contributed by atoms with van der Waals surface area (Å²) in [5, 5.41) is 9.44. The molecule has 0 atom stereocenters. The van der Waals surface area contributed by atoms with Crippen molar-refractivity contribution in [2.45, 2.75) is 45.2 Å². The van der Waals surface area contributed by atoms with Crippen LogP contribution in [0.2, 0.25) is 5.02 Å². The number of aryl methyl sites for hydroxylation is 1. The Hall–Kier alpha value is -3.31. The van der Waals surface area contributed by atoms with Crippen molar-refractivity contribution in [3.63, 3.8) is 0 Å². The highest BCUT2D eigenvalue weighted by Gasteiger charge is 2.39. The summed E-state index contributed by atoms with van der Waals surface area (Å²) in [5.74, 6) is -0.305. The van der Waals surface area contributed by atoms with Crippen molar-refractivity contribution in [1.82, 2.24) is 14.5 Å². The summed E-state index contributed by atoms with van der Waals surface area (Å²) >= 11 is 5.94. The van der Waals surface area contributed by atoms with Gasteiger partial charge in [-0.15, -0.1) is 0 Å². The van der Waals surface area contributed by atoms with Crippen LogP contribution < -0.4 is 0 Å². The van der Waals surface area contributed by atoms with Crippen LogP contribution in [0.15, 0.2) is 42.9 Å². The van der Waals surface area contributed by atoms with E-state index in [0.717, 1.165) is 25.0 Å². The zero-order valence-corrected chi connectivity index (χ0v) is 21.7. The normalized spacial score (nSPS) is 14.8. The molecule has 0 spiro atoms. The molecular formula is C28H28ClF3N4O. The number of Topliss-reactive ketones (excluding diaryl/α,β-unsaturated/α-hetero) is 1. The molecule has 37 heavy (non-hydrogen) atoms. The summed E-state index contributed by atoms with van der Waals surface area (Å²) in [6.45, 7) is 9.77. The van der Waals surface area contributed by atoms with Crippen LogP contribution in [0, 0.1) is 17.2 Å². The molecule has 1 fully saturated rings. The number of alkyl halides is 3. The summed E-state index contributed by atoms with van der Waals surface area (Å²) < 4.78 is 45.4. The number of carbonyl (C=O) groups is 1. The summed E-state index contributed by atoms with van der Waals surface area (Å²) in [5.41, 5.74) is 1.11. The second kappa shape index (κ2) is 10.2. The van der Waals surface area contributed by atoms with Gasteiger partial charge in [0.15, 0.2) is 5.78 Å². The molecule has 9 heteroatoms. The maximum absolute atomic E-state index is 14.6. The molecular weight excluding hydrogens is 501 g/mol. The van der Waals surface area contributed by atoms with E-state index in [0.29, 0.717) is 24.3 Å². The van der Waals surface area contributed by atoms with Gasteiger partial charge in [0.1, 0.15) is 11.7 Å². The lowest BCUT2D eigenvalue weighted by molar-refractivity contribution is -0.136. The largest absolute Gasteiger partial charge is 0.417 e. The van der Waals surface area contributed by atoms with Crippen molar-refractivity contribution >= 4 is 28.4 Å². The van der Waals surface area contributed by atoms with Gasteiger partial charge < -0.3 is 9.47 Å². The molecule has 2 aromatic heterocycles. The molecule has 1 aliphatic rings. The minimum absolute atomic E-state index is 0.0651. The summed E-state index contributed by atoms with van der Waals surface area (Å²) in [4.78, 5) is 19.5. The summed E-state index contributed by atoms with van der Waals surface area (Å²) in [7, 11) is 1.69. The number of fused-ring (bicyclic) bond motifs is 1. The number of piperidine rings is 1. The predicted octanol–water partition coefficient (Wildman–Crippen LogP) is 6.89. The van der Waals surface area contributed by atoms with Crippen LogP contribution in [0.3, 0.4) is 0 Å². The second-order valence-corrected chi connectivity index (χ2v) is 10.3. The number of rotatable bonds is 6. The van der Waals surface area contributed by atoms with E-state index in [1.54, 1.807) is 17.8 Å². The fourth-order valence-electron chi connectivity index (χ4n) is 5.09. The SMILES string of the molecule is C=C(C(C)C)N1CCC(c2cn(C)c3ncc(CC(=O)c4ccc(Cl)c(C#N)c4)c(C(F)(F)F)c23)CC1. The Labute approximate surface area is 219 Å². The van der Waals surface area contributed by atoms with Crippen molar-refractivity contribution in [3.05, 3.63) is 75.7 Å². The van der Waals surface area contributed by atoms with Gasteiger partial charge in [-0.25, -0.2) is 4.98 Å². The second-order valence-electron chi connectivity index (χ2n) is 9.86. The highest BCUT2D eigenvalue weighted by molar-refractivity contribution is 6.31. The van der Waals surface area contributed by atoms with Crippen molar-refractivity contribution in [2.24, 2.45) is 13.0 Å². The molecule has 0 unspecified atom stereocenters. The number of nitriles is 1. The summed E-state index contributed by atoms with van der Waals surface area (Å²) in [6, 6.07) is 6.00. The Morgan fingerprint density at radius 1 is 1.30 bits per heavy atom. The van der Waals surface area contributed by atoms with E-state index in [2.05, 4.69) is 30.3 Å². The third-order valence-electron chi connectivity index (χ3n) is 7.14. The Kier molecular flexibility index (Phi) is 7.38. The van der Waals surface area contributed by atoms with Crippen molar-refractivity contribution in [3.8, 4) is 6.07 Å². The number of hydrogen-bond acceptors (Lipinski definition) is 4. The molecule has 194 valence electrons. The first-order valence-corrected chi connectivity index (χ1v) is 12.5. The maximum Gasteiger partial charge on any atom is 0.417 e. The first kappa shape index (κ1) is 26.7. The number of halogens is 4. The highest BCUT2D eigenvalue weighted by atomic mass is 35.5. The van der Waals surface area contributed by atoms with Crippen LogP contribution in [0.1, 0.15) is 65.2 Å². The van der Waals surface area contributed by atoms with E-state index >= 15 is 0 Å². The van der Waals surface area contributed by atoms with Crippen LogP contribution in [0.5, 0.6) is 0 Å². The molecule has 0 radical (unpaired) electrons. The lowest BCUT2D eigenvalue weighted by atomic mass is 9.86. The fourth-order valence-corrected chi connectivity index (χ4v) is 5.25. The maximum atomic E-state index is 14.6. The minimum Gasteiger partial charge on any atom is -0.375 e. The predicted molar refractivity (Wildman–Crippen MR) is 137 cm³/mol. The fraction of sp³-hybridized carbons (Fsp3) is 0.393. The van der Waals surface area contributed by atoms with Gasteiger partial charge in [-0.05, 0) is 54.0 Å². The zero-order chi connectivity index (χ0) is 27.1. The number of hydrogen-bond donors (Lipinski definition) is 0. The van der Waals surface area contributed by atoms with Crippen LogP contribution in [-0.2, 0) is 19.6 Å². The molecule has 4 rings (SSSR count). The number of likely N-dealkylation sites (tertiary alicyclic amines) is 1. The lowest BCUT2D eigenvalue weighted by Gasteiger charge is -2.36. The highest BCUT2D eigenvalue weighted by Crippen LogP contribution is 2.43. The Morgan fingerprint density at radius 3 is 2.57 bits per heavy atom. The van der Waals surface area contributed by atoms with Crippen LogP contribution >= 0.6 is 11.6 Å². The van der Waals surface area contributed by atoms with Crippen molar-refractivity contribution in [2.75, 3.05) is 13.1 Å². The Bertz CT molecular complexity index is 1410. The molecule has 3 heterocycles.